The molecule has 0 aliphatic carbocycles. The van der Waals surface area contributed by atoms with Gasteiger partial charge in [-0.15, -0.1) is 12.4 Å². The van der Waals surface area contributed by atoms with Gasteiger partial charge in [-0.25, -0.2) is 0 Å². The number of rotatable bonds is 4. The molecule has 94 valence electrons. The minimum Gasteiger partial charge on any atom is -0.379 e. The van der Waals surface area contributed by atoms with Gasteiger partial charge < -0.3 is 20.1 Å². The number of amides is 1. The Labute approximate surface area is 102 Å². The van der Waals surface area contributed by atoms with E-state index in [1.54, 1.807) is 0 Å². The zero-order valence-electron chi connectivity index (χ0n) is 9.24. The molecule has 6 heteroatoms. The fourth-order valence-corrected chi connectivity index (χ4v) is 1.70. The summed E-state index contributed by atoms with van der Waals surface area (Å²) in [4.78, 5) is 11.4. The van der Waals surface area contributed by atoms with Gasteiger partial charge in [0, 0.05) is 19.7 Å². The van der Waals surface area contributed by atoms with Gasteiger partial charge in [0.05, 0.1) is 18.8 Å². The third-order valence-electron chi connectivity index (χ3n) is 2.72. The molecular weight excluding hydrogens is 232 g/mol. The molecule has 5 nitrogen and oxygen atoms in total. The Hall–Kier alpha value is -0.360. The van der Waals surface area contributed by atoms with Gasteiger partial charge in [0.25, 0.3) is 0 Å². The second kappa shape index (κ2) is 7.06. The minimum atomic E-state index is -0.0302. The van der Waals surface area contributed by atoms with Crippen LogP contribution in [0.2, 0.25) is 0 Å². The Bertz CT molecular complexity index is 218. The van der Waals surface area contributed by atoms with Crippen LogP contribution in [0.3, 0.4) is 0 Å². The number of carbonyl (C=O) groups is 1. The van der Waals surface area contributed by atoms with Gasteiger partial charge in [-0.1, -0.05) is 0 Å². The van der Waals surface area contributed by atoms with Crippen molar-refractivity contribution in [2.45, 2.75) is 25.0 Å². The zero-order valence-corrected chi connectivity index (χ0v) is 10.1. The molecule has 0 radical (unpaired) electrons. The van der Waals surface area contributed by atoms with E-state index < -0.39 is 0 Å². The van der Waals surface area contributed by atoms with Gasteiger partial charge in [-0.05, 0) is 12.8 Å². The summed E-state index contributed by atoms with van der Waals surface area (Å²) >= 11 is 0. The Balaban J connectivity index is 0.00000128. The van der Waals surface area contributed by atoms with Crippen LogP contribution in [-0.2, 0) is 14.3 Å². The van der Waals surface area contributed by atoms with Gasteiger partial charge >= 0.3 is 0 Å². The van der Waals surface area contributed by atoms with Crippen molar-refractivity contribution in [3.63, 3.8) is 0 Å². The third kappa shape index (κ3) is 4.25. The van der Waals surface area contributed by atoms with Gasteiger partial charge in [-0.2, -0.15) is 0 Å². The summed E-state index contributed by atoms with van der Waals surface area (Å²) in [5.74, 6) is -0.0302. The molecule has 2 aliphatic heterocycles. The monoisotopic (exact) mass is 250 g/mol. The molecule has 2 aliphatic rings. The number of nitrogens with one attached hydrogen (secondary N) is 2. The first-order valence-corrected chi connectivity index (χ1v) is 5.54. The first-order chi connectivity index (χ1) is 7.34. The molecule has 0 spiro atoms. The Morgan fingerprint density at radius 3 is 2.88 bits per heavy atom. The second-order valence-corrected chi connectivity index (χ2v) is 4.07. The minimum absolute atomic E-state index is 0. The number of hydrogen-bond donors (Lipinski definition) is 2. The first kappa shape index (κ1) is 13.7. The SMILES string of the molecule is Cl.O=C(COC1CNC1)NC1CCCOC1. The molecule has 0 saturated carbocycles. The molecular formula is C10H19ClN2O3. The van der Waals surface area contributed by atoms with Crippen molar-refractivity contribution in [2.24, 2.45) is 0 Å². The Morgan fingerprint density at radius 1 is 1.50 bits per heavy atom. The lowest BCUT2D eigenvalue weighted by Crippen LogP contribution is -2.50. The van der Waals surface area contributed by atoms with Gasteiger partial charge in [0.2, 0.25) is 5.91 Å². The van der Waals surface area contributed by atoms with Crippen molar-refractivity contribution < 1.29 is 14.3 Å². The summed E-state index contributed by atoms with van der Waals surface area (Å²) in [6, 6.07) is 0.175. The van der Waals surface area contributed by atoms with E-state index in [0.717, 1.165) is 32.5 Å². The largest absolute Gasteiger partial charge is 0.379 e. The molecule has 0 aromatic carbocycles. The van der Waals surface area contributed by atoms with Crippen LogP contribution in [0.5, 0.6) is 0 Å². The number of halogens is 1. The molecule has 2 heterocycles. The Kier molecular flexibility index (Phi) is 6.05. The van der Waals surface area contributed by atoms with E-state index in [0.29, 0.717) is 6.61 Å². The van der Waals surface area contributed by atoms with Crippen LogP contribution in [0, 0.1) is 0 Å². The maximum atomic E-state index is 11.4. The van der Waals surface area contributed by atoms with Crippen molar-refractivity contribution in [1.82, 2.24) is 10.6 Å². The standard InChI is InChI=1S/C10H18N2O3.ClH/c13-10(7-15-9-4-11-5-9)12-8-2-1-3-14-6-8;/h8-9,11H,1-7H2,(H,12,13);1H. The van der Waals surface area contributed by atoms with Crippen molar-refractivity contribution in [1.29, 1.82) is 0 Å². The molecule has 1 atom stereocenters. The highest BCUT2D eigenvalue weighted by molar-refractivity contribution is 5.85. The van der Waals surface area contributed by atoms with E-state index in [1.165, 1.54) is 0 Å². The molecule has 1 unspecified atom stereocenters. The predicted molar refractivity (Wildman–Crippen MR) is 61.8 cm³/mol. The Morgan fingerprint density at radius 2 is 2.31 bits per heavy atom. The van der Waals surface area contributed by atoms with Crippen LogP contribution < -0.4 is 10.6 Å². The maximum absolute atomic E-state index is 11.4. The number of carbonyl (C=O) groups excluding carboxylic acids is 1. The molecule has 2 rings (SSSR count). The van der Waals surface area contributed by atoms with Gasteiger partial charge in [-0.3, -0.25) is 4.79 Å². The lowest BCUT2D eigenvalue weighted by atomic mass is 10.1. The quantitative estimate of drug-likeness (QED) is 0.719. The average Bonchev–Trinajstić information content (AvgIpc) is 2.17. The maximum Gasteiger partial charge on any atom is 0.246 e. The first-order valence-electron chi connectivity index (χ1n) is 5.54. The van der Waals surface area contributed by atoms with E-state index >= 15 is 0 Å². The van der Waals surface area contributed by atoms with E-state index in [-0.39, 0.29) is 37.1 Å². The highest BCUT2D eigenvalue weighted by Crippen LogP contribution is 2.05. The fourth-order valence-electron chi connectivity index (χ4n) is 1.70. The van der Waals surface area contributed by atoms with Crippen molar-refractivity contribution in [2.75, 3.05) is 32.9 Å². The molecule has 1 amide bonds. The van der Waals surface area contributed by atoms with Crippen LogP contribution in [0.25, 0.3) is 0 Å². The smallest absolute Gasteiger partial charge is 0.246 e. The topological polar surface area (TPSA) is 59.6 Å². The van der Waals surface area contributed by atoms with Crippen LogP contribution in [0.4, 0.5) is 0 Å². The van der Waals surface area contributed by atoms with Crippen LogP contribution in [0.15, 0.2) is 0 Å². The predicted octanol–water partition coefficient (Wildman–Crippen LogP) is -0.308. The normalized spacial score (nSPS) is 25.4. The van der Waals surface area contributed by atoms with Crippen molar-refractivity contribution in [3.8, 4) is 0 Å². The molecule has 0 bridgehead atoms. The average molecular weight is 251 g/mol. The molecule has 2 saturated heterocycles. The molecule has 2 fully saturated rings. The summed E-state index contributed by atoms with van der Waals surface area (Å²) < 4.78 is 10.6. The third-order valence-corrected chi connectivity index (χ3v) is 2.72. The summed E-state index contributed by atoms with van der Waals surface area (Å²) in [5.41, 5.74) is 0. The van der Waals surface area contributed by atoms with Crippen LogP contribution in [0.1, 0.15) is 12.8 Å². The lowest BCUT2D eigenvalue weighted by molar-refractivity contribution is -0.130. The summed E-state index contributed by atoms with van der Waals surface area (Å²) in [6.07, 6.45) is 2.26. The molecule has 0 aromatic heterocycles. The number of ether oxygens (including phenoxy) is 2. The van der Waals surface area contributed by atoms with Gasteiger partial charge in [0.15, 0.2) is 0 Å². The molecule has 16 heavy (non-hydrogen) atoms. The highest BCUT2D eigenvalue weighted by Gasteiger charge is 2.20. The summed E-state index contributed by atoms with van der Waals surface area (Å²) in [7, 11) is 0. The van der Waals surface area contributed by atoms with Crippen molar-refractivity contribution >= 4 is 18.3 Å². The second-order valence-electron chi connectivity index (χ2n) is 4.07. The van der Waals surface area contributed by atoms with Crippen molar-refractivity contribution in [3.05, 3.63) is 0 Å². The van der Waals surface area contributed by atoms with E-state index in [2.05, 4.69) is 10.6 Å². The van der Waals surface area contributed by atoms with Crippen LogP contribution >= 0.6 is 12.4 Å². The summed E-state index contributed by atoms with van der Waals surface area (Å²) in [5, 5.41) is 6.00. The zero-order chi connectivity index (χ0) is 10.5. The van der Waals surface area contributed by atoms with Gasteiger partial charge in [0.1, 0.15) is 6.61 Å². The van der Waals surface area contributed by atoms with E-state index in [1.807, 2.05) is 0 Å². The number of hydrogen-bond acceptors (Lipinski definition) is 4. The van der Waals surface area contributed by atoms with E-state index in [9.17, 15) is 4.79 Å². The van der Waals surface area contributed by atoms with Crippen LogP contribution in [-0.4, -0.2) is 51.0 Å². The fraction of sp³-hybridized carbons (Fsp3) is 0.900. The summed E-state index contributed by atoms with van der Waals surface area (Å²) in [6.45, 7) is 3.34. The lowest BCUT2D eigenvalue weighted by Gasteiger charge is -2.27. The van der Waals surface area contributed by atoms with E-state index in [4.69, 9.17) is 9.47 Å². The molecule has 0 aromatic rings. The highest BCUT2D eigenvalue weighted by atomic mass is 35.5. The molecule has 2 N–H and O–H groups in total.